The molecule has 0 spiro atoms. The predicted octanol–water partition coefficient (Wildman–Crippen LogP) is 5.07. The van der Waals surface area contributed by atoms with Gasteiger partial charge in [-0.1, -0.05) is 39.1 Å². The molecule has 0 atom stereocenters. The number of halogens is 3. The number of nitrogens with one attached hydrogen (secondary N) is 1. The molecule has 2 aromatic carbocycles. The maximum atomic E-state index is 9.80. The summed E-state index contributed by atoms with van der Waals surface area (Å²) in [5.74, 6) is 0.00986. The molecule has 0 amide bonds. The van der Waals surface area contributed by atoms with E-state index < -0.39 is 0 Å². The number of hydrogen-bond donors (Lipinski definition) is 2. The highest BCUT2D eigenvalue weighted by Gasteiger charge is 2.11. The normalized spacial score (nSPS) is 10.5. The lowest BCUT2D eigenvalue weighted by molar-refractivity contribution is 0.474. The van der Waals surface area contributed by atoms with E-state index in [0.717, 1.165) is 10.0 Å². The number of phenols is 1. The Bertz CT molecular complexity index is 643. The SMILES string of the molecule is N=C(Cc1cc(Cl)ccc1Br)c1ccc(Cl)cc1O. The molecule has 0 saturated heterocycles. The van der Waals surface area contributed by atoms with Gasteiger partial charge in [0.25, 0.3) is 0 Å². The van der Waals surface area contributed by atoms with E-state index in [1.54, 1.807) is 24.3 Å². The molecule has 2 N–H and O–H groups in total. The van der Waals surface area contributed by atoms with E-state index >= 15 is 0 Å². The van der Waals surface area contributed by atoms with Crippen LogP contribution in [0.25, 0.3) is 0 Å². The smallest absolute Gasteiger partial charge is 0.126 e. The fourth-order valence-electron chi connectivity index (χ4n) is 1.72. The van der Waals surface area contributed by atoms with Crippen molar-refractivity contribution in [3.8, 4) is 5.75 Å². The van der Waals surface area contributed by atoms with Crippen LogP contribution in [0.1, 0.15) is 11.1 Å². The molecule has 98 valence electrons. The quantitative estimate of drug-likeness (QED) is 0.739. The molecule has 0 heterocycles. The minimum absolute atomic E-state index is 0.00986. The summed E-state index contributed by atoms with van der Waals surface area (Å²) in [6.45, 7) is 0. The third-order valence-corrected chi connectivity index (χ3v) is 3.90. The van der Waals surface area contributed by atoms with E-state index in [-0.39, 0.29) is 5.75 Å². The molecule has 19 heavy (non-hydrogen) atoms. The van der Waals surface area contributed by atoms with Crippen LogP contribution in [0.3, 0.4) is 0 Å². The van der Waals surface area contributed by atoms with Gasteiger partial charge in [-0.05, 0) is 42.0 Å². The minimum Gasteiger partial charge on any atom is -0.507 e. The van der Waals surface area contributed by atoms with Crippen molar-refractivity contribution in [2.45, 2.75) is 6.42 Å². The third kappa shape index (κ3) is 3.50. The molecule has 2 aromatic rings. The topological polar surface area (TPSA) is 44.1 Å². The number of benzene rings is 2. The maximum Gasteiger partial charge on any atom is 0.126 e. The molecular formula is C14H10BrCl2NO. The van der Waals surface area contributed by atoms with Crippen molar-refractivity contribution in [1.82, 2.24) is 0 Å². The molecule has 0 aliphatic rings. The second-order valence-electron chi connectivity index (χ2n) is 4.05. The largest absolute Gasteiger partial charge is 0.507 e. The number of hydrogen-bond acceptors (Lipinski definition) is 2. The Labute approximate surface area is 129 Å². The van der Waals surface area contributed by atoms with E-state index in [4.69, 9.17) is 28.6 Å². The molecular weight excluding hydrogens is 349 g/mol. The summed E-state index contributed by atoms with van der Waals surface area (Å²) in [6, 6.07) is 10.1. The van der Waals surface area contributed by atoms with Crippen molar-refractivity contribution in [2.24, 2.45) is 0 Å². The van der Waals surface area contributed by atoms with Gasteiger partial charge in [-0.3, -0.25) is 0 Å². The molecule has 0 fully saturated rings. The summed E-state index contributed by atoms with van der Waals surface area (Å²) in [4.78, 5) is 0. The Morgan fingerprint density at radius 2 is 1.74 bits per heavy atom. The molecule has 0 aliphatic heterocycles. The highest BCUT2D eigenvalue weighted by Crippen LogP contribution is 2.26. The Kier molecular flexibility index (Phi) is 4.50. The lowest BCUT2D eigenvalue weighted by Crippen LogP contribution is -2.04. The van der Waals surface area contributed by atoms with Crippen LogP contribution in [0.2, 0.25) is 10.0 Å². The maximum absolute atomic E-state index is 9.80. The van der Waals surface area contributed by atoms with Crippen LogP contribution in [0.15, 0.2) is 40.9 Å². The van der Waals surface area contributed by atoms with Crippen LogP contribution in [0, 0.1) is 5.41 Å². The molecule has 0 bridgehead atoms. The van der Waals surface area contributed by atoms with Gasteiger partial charge in [0.05, 0.1) is 0 Å². The fraction of sp³-hybridized carbons (Fsp3) is 0.0714. The summed E-state index contributed by atoms with van der Waals surface area (Å²) < 4.78 is 0.884. The van der Waals surface area contributed by atoms with Gasteiger partial charge in [-0.2, -0.15) is 0 Å². The first kappa shape index (κ1) is 14.4. The first-order chi connectivity index (χ1) is 8.97. The highest BCUT2D eigenvalue weighted by atomic mass is 79.9. The van der Waals surface area contributed by atoms with E-state index in [1.165, 1.54) is 6.07 Å². The summed E-state index contributed by atoms with van der Waals surface area (Å²) in [7, 11) is 0. The molecule has 0 radical (unpaired) electrons. The van der Waals surface area contributed by atoms with Gasteiger partial charge in [0.1, 0.15) is 5.75 Å². The second-order valence-corrected chi connectivity index (χ2v) is 5.78. The summed E-state index contributed by atoms with van der Waals surface area (Å²) in [5, 5.41) is 18.9. The first-order valence-electron chi connectivity index (χ1n) is 5.47. The molecule has 2 nitrogen and oxygen atoms in total. The van der Waals surface area contributed by atoms with Crippen LogP contribution in [-0.2, 0) is 6.42 Å². The Morgan fingerprint density at radius 3 is 2.42 bits per heavy atom. The zero-order chi connectivity index (χ0) is 14.0. The monoisotopic (exact) mass is 357 g/mol. The van der Waals surface area contributed by atoms with Gasteiger partial charge in [-0.15, -0.1) is 0 Å². The van der Waals surface area contributed by atoms with Crippen LogP contribution < -0.4 is 0 Å². The van der Waals surface area contributed by atoms with Crippen LogP contribution >= 0.6 is 39.1 Å². The Hall–Kier alpha value is -1.03. The average molecular weight is 359 g/mol. The van der Waals surface area contributed by atoms with Gasteiger partial charge in [0.2, 0.25) is 0 Å². The first-order valence-corrected chi connectivity index (χ1v) is 7.02. The standard InChI is InChI=1S/C14H10BrCl2NO/c15-12-4-2-9(16)5-8(12)6-13(18)11-3-1-10(17)7-14(11)19/h1-5,7,18-19H,6H2. The van der Waals surface area contributed by atoms with Crippen LogP contribution in [0.4, 0.5) is 0 Å². The van der Waals surface area contributed by atoms with Crippen LogP contribution in [0.5, 0.6) is 5.75 Å². The summed E-state index contributed by atoms with van der Waals surface area (Å²) >= 11 is 15.1. The van der Waals surface area contributed by atoms with Gasteiger partial charge in [-0.25, -0.2) is 0 Å². The van der Waals surface area contributed by atoms with Crippen molar-refractivity contribution < 1.29 is 5.11 Å². The van der Waals surface area contributed by atoms with Crippen molar-refractivity contribution in [1.29, 1.82) is 5.41 Å². The Morgan fingerprint density at radius 1 is 1.11 bits per heavy atom. The Balaban J connectivity index is 2.28. The zero-order valence-electron chi connectivity index (χ0n) is 9.75. The molecule has 5 heteroatoms. The van der Waals surface area contributed by atoms with E-state index in [9.17, 15) is 5.11 Å². The molecule has 0 aliphatic carbocycles. The number of rotatable bonds is 3. The molecule has 0 aromatic heterocycles. The average Bonchev–Trinajstić information content (AvgIpc) is 2.33. The number of aromatic hydroxyl groups is 1. The predicted molar refractivity (Wildman–Crippen MR) is 82.8 cm³/mol. The molecule has 2 rings (SSSR count). The number of phenolic OH excluding ortho intramolecular Hbond substituents is 1. The van der Waals surface area contributed by atoms with Gasteiger partial charge < -0.3 is 10.5 Å². The van der Waals surface area contributed by atoms with Gasteiger partial charge in [0.15, 0.2) is 0 Å². The van der Waals surface area contributed by atoms with Crippen molar-refractivity contribution in [3.63, 3.8) is 0 Å². The minimum atomic E-state index is 0.00986. The van der Waals surface area contributed by atoms with E-state index in [0.29, 0.717) is 27.7 Å². The van der Waals surface area contributed by atoms with Crippen molar-refractivity contribution in [2.75, 3.05) is 0 Å². The van der Waals surface area contributed by atoms with E-state index in [1.807, 2.05) is 6.07 Å². The van der Waals surface area contributed by atoms with Gasteiger partial charge >= 0.3 is 0 Å². The van der Waals surface area contributed by atoms with Gasteiger partial charge in [0, 0.05) is 32.2 Å². The summed E-state index contributed by atoms with van der Waals surface area (Å²) in [6.07, 6.45) is 0.371. The fourth-order valence-corrected chi connectivity index (χ4v) is 2.47. The lowest BCUT2D eigenvalue weighted by atomic mass is 10.0. The van der Waals surface area contributed by atoms with E-state index in [2.05, 4.69) is 15.9 Å². The van der Waals surface area contributed by atoms with Crippen molar-refractivity contribution in [3.05, 3.63) is 62.0 Å². The molecule has 0 saturated carbocycles. The van der Waals surface area contributed by atoms with Crippen LogP contribution in [-0.4, -0.2) is 10.8 Å². The third-order valence-electron chi connectivity index (χ3n) is 2.66. The summed E-state index contributed by atoms with van der Waals surface area (Å²) in [5.41, 5.74) is 1.67. The lowest BCUT2D eigenvalue weighted by Gasteiger charge is -2.09. The van der Waals surface area contributed by atoms with Crippen molar-refractivity contribution >= 4 is 44.8 Å². The molecule has 0 unspecified atom stereocenters. The highest BCUT2D eigenvalue weighted by molar-refractivity contribution is 9.10. The zero-order valence-corrected chi connectivity index (χ0v) is 12.9. The second kappa shape index (κ2) is 5.95.